The molecule has 1 heterocycles. The normalized spacial score (nSPS) is 12.4. The van der Waals surface area contributed by atoms with Gasteiger partial charge in [0.1, 0.15) is 17.3 Å². The van der Waals surface area contributed by atoms with E-state index in [9.17, 15) is 14.9 Å². The molecular formula is C17H15NO5. The zero-order valence-electron chi connectivity index (χ0n) is 12.7. The number of ether oxygens (including phenoxy) is 1. The Kier molecular flexibility index (Phi) is 3.73. The molecule has 0 saturated heterocycles. The number of esters is 1. The summed E-state index contributed by atoms with van der Waals surface area (Å²) in [5.41, 5.74) is 1.34. The number of nitro benzene ring substituents is 1. The van der Waals surface area contributed by atoms with Crippen LogP contribution < -0.4 is 0 Å². The fourth-order valence-electron chi connectivity index (χ4n) is 2.61. The molecule has 0 radical (unpaired) electrons. The van der Waals surface area contributed by atoms with E-state index in [1.54, 1.807) is 26.0 Å². The first-order chi connectivity index (χ1) is 11.0. The summed E-state index contributed by atoms with van der Waals surface area (Å²) in [6.45, 7) is 3.31. The van der Waals surface area contributed by atoms with Crippen LogP contribution in [0.1, 0.15) is 31.9 Å². The summed E-state index contributed by atoms with van der Waals surface area (Å²) in [5.74, 6) is -0.399. The first-order valence-corrected chi connectivity index (χ1v) is 7.30. The Balaban J connectivity index is 2.21. The molecule has 6 nitrogen and oxygen atoms in total. The highest BCUT2D eigenvalue weighted by atomic mass is 16.6. The van der Waals surface area contributed by atoms with Gasteiger partial charge in [-0.05, 0) is 19.1 Å². The van der Waals surface area contributed by atoms with Crippen LogP contribution in [-0.4, -0.2) is 10.9 Å². The van der Waals surface area contributed by atoms with E-state index >= 15 is 0 Å². The van der Waals surface area contributed by atoms with E-state index in [0.29, 0.717) is 16.7 Å². The van der Waals surface area contributed by atoms with E-state index in [0.717, 1.165) is 10.8 Å². The van der Waals surface area contributed by atoms with Crippen LogP contribution in [0.3, 0.4) is 0 Å². The lowest BCUT2D eigenvalue weighted by Crippen LogP contribution is -2.09. The van der Waals surface area contributed by atoms with E-state index < -0.39 is 17.0 Å². The topological polar surface area (TPSA) is 82.6 Å². The van der Waals surface area contributed by atoms with Crippen LogP contribution in [0.4, 0.5) is 5.69 Å². The van der Waals surface area contributed by atoms with Gasteiger partial charge in [0.2, 0.25) is 0 Å². The molecule has 23 heavy (non-hydrogen) atoms. The Hall–Kier alpha value is -2.89. The molecule has 1 unspecified atom stereocenters. The van der Waals surface area contributed by atoms with Gasteiger partial charge < -0.3 is 9.15 Å². The average molecular weight is 313 g/mol. The molecule has 6 heteroatoms. The largest absolute Gasteiger partial charge is 0.458 e. The second-order valence-corrected chi connectivity index (χ2v) is 5.25. The first-order valence-electron chi connectivity index (χ1n) is 7.30. The minimum atomic E-state index is -0.707. The van der Waals surface area contributed by atoms with Crippen LogP contribution in [0.25, 0.3) is 21.9 Å². The summed E-state index contributed by atoms with van der Waals surface area (Å²) in [4.78, 5) is 22.4. The molecule has 118 valence electrons. The van der Waals surface area contributed by atoms with Crippen LogP contribution in [0.15, 0.2) is 40.8 Å². The lowest BCUT2D eigenvalue weighted by atomic mass is 10.0. The number of hydrogen-bond acceptors (Lipinski definition) is 5. The van der Waals surface area contributed by atoms with E-state index in [4.69, 9.17) is 9.15 Å². The molecule has 0 N–H and O–H groups in total. The van der Waals surface area contributed by atoms with Crippen molar-refractivity contribution in [2.45, 2.75) is 26.4 Å². The van der Waals surface area contributed by atoms with Gasteiger partial charge in [-0.3, -0.25) is 14.9 Å². The first kappa shape index (κ1) is 15.0. The maximum absolute atomic E-state index is 11.5. The quantitative estimate of drug-likeness (QED) is 0.402. The van der Waals surface area contributed by atoms with Crippen LogP contribution in [0, 0.1) is 10.1 Å². The van der Waals surface area contributed by atoms with Crippen molar-refractivity contribution in [3.63, 3.8) is 0 Å². The van der Waals surface area contributed by atoms with Gasteiger partial charge in [0, 0.05) is 17.2 Å². The average Bonchev–Trinajstić information content (AvgIpc) is 2.91. The van der Waals surface area contributed by atoms with Crippen LogP contribution in [0.5, 0.6) is 0 Å². The zero-order valence-corrected chi connectivity index (χ0v) is 12.7. The van der Waals surface area contributed by atoms with Gasteiger partial charge in [-0.2, -0.15) is 0 Å². The van der Waals surface area contributed by atoms with Crippen molar-refractivity contribution in [2.24, 2.45) is 0 Å². The third kappa shape index (κ3) is 2.63. The predicted molar refractivity (Wildman–Crippen MR) is 85.2 cm³/mol. The number of furan rings is 1. The second kappa shape index (κ2) is 5.72. The highest BCUT2D eigenvalue weighted by Crippen LogP contribution is 2.36. The van der Waals surface area contributed by atoms with E-state index in [2.05, 4.69) is 0 Å². The molecule has 0 aliphatic heterocycles. The summed E-state index contributed by atoms with van der Waals surface area (Å²) in [7, 11) is 0. The number of nitrogens with zero attached hydrogens (tertiary/aromatic N) is 1. The smallest absolute Gasteiger partial charge is 0.306 e. The maximum atomic E-state index is 11.5. The molecule has 3 rings (SSSR count). The molecular weight excluding hydrogens is 298 g/mol. The molecule has 0 fully saturated rings. The highest BCUT2D eigenvalue weighted by Gasteiger charge is 2.24. The van der Waals surface area contributed by atoms with Crippen molar-refractivity contribution >= 4 is 33.6 Å². The summed E-state index contributed by atoms with van der Waals surface area (Å²) in [6, 6.07) is 10.5. The summed E-state index contributed by atoms with van der Waals surface area (Å²) in [5, 5.41) is 13.0. The van der Waals surface area contributed by atoms with Crippen molar-refractivity contribution in [1.82, 2.24) is 0 Å². The van der Waals surface area contributed by atoms with Gasteiger partial charge in [0.25, 0.3) is 5.69 Å². The number of nitro groups is 1. The Morgan fingerprint density at radius 2 is 2.00 bits per heavy atom. The van der Waals surface area contributed by atoms with Crippen LogP contribution in [0.2, 0.25) is 0 Å². The van der Waals surface area contributed by atoms with Gasteiger partial charge in [-0.25, -0.2) is 0 Å². The molecule has 0 aliphatic carbocycles. The monoisotopic (exact) mass is 313 g/mol. The fourth-order valence-corrected chi connectivity index (χ4v) is 2.61. The van der Waals surface area contributed by atoms with Crippen LogP contribution in [-0.2, 0) is 9.53 Å². The van der Waals surface area contributed by atoms with Crippen LogP contribution >= 0.6 is 0 Å². The Bertz CT molecular complexity index is 912. The zero-order chi connectivity index (χ0) is 16.6. The van der Waals surface area contributed by atoms with Crippen molar-refractivity contribution in [3.05, 3.63) is 52.1 Å². The molecule has 1 aromatic heterocycles. The van der Waals surface area contributed by atoms with E-state index in [1.165, 1.54) is 6.07 Å². The van der Waals surface area contributed by atoms with Gasteiger partial charge in [-0.15, -0.1) is 0 Å². The van der Waals surface area contributed by atoms with Gasteiger partial charge in [0.05, 0.1) is 16.6 Å². The molecule has 3 aromatic rings. The number of carbonyl (C=O) groups is 1. The molecule has 0 spiro atoms. The fraction of sp³-hybridized carbons (Fsp3) is 0.235. The molecule has 1 atom stereocenters. The van der Waals surface area contributed by atoms with Gasteiger partial charge in [0.15, 0.2) is 0 Å². The predicted octanol–water partition coefficient (Wildman–Crippen LogP) is 4.51. The summed E-state index contributed by atoms with van der Waals surface area (Å²) < 4.78 is 10.9. The molecule has 0 bridgehead atoms. The standard InChI is InChI=1S/C17H15NO5/c1-3-17(19)22-10(2)12-8-13-11-6-4-5-7-15(11)23-16(13)9-14(12)18(20)21/h4-10H,3H2,1-2H3. The lowest BCUT2D eigenvalue weighted by Gasteiger charge is -2.13. The van der Waals surface area contributed by atoms with Gasteiger partial charge >= 0.3 is 5.97 Å². The summed E-state index contributed by atoms with van der Waals surface area (Å²) in [6.07, 6.45) is -0.490. The van der Waals surface area contributed by atoms with Crippen molar-refractivity contribution < 1.29 is 18.9 Å². The Morgan fingerprint density at radius 3 is 2.70 bits per heavy atom. The van der Waals surface area contributed by atoms with Crippen molar-refractivity contribution in [1.29, 1.82) is 0 Å². The van der Waals surface area contributed by atoms with Crippen molar-refractivity contribution in [2.75, 3.05) is 0 Å². The Labute approximate surface area is 131 Å². The highest BCUT2D eigenvalue weighted by molar-refractivity contribution is 6.05. The number of hydrogen-bond donors (Lipinski definition) is 0. The maximum Gasteiger partial charge on any atom is 0.306 e. The van der Waals surface area contributed by atoms with E-state index in [-0.39, 0.29) is 12.1 Å². The third-order valence-electron chi connectivity index (χ3n) is 3.76. The molecule has 0 amide bonds. The lowest BCUT2D eigenvalue weighted by molar-refractivity contribution is -0.386. The van der Waals surface area contributed by atoms with Crippen molar-refractivity contribution in [3.8, 4) is 0 Å². The number of benzene rings is 2. The number of para-hydroxylation sites is 1. The summed E-state index contributed by atoms with van der Waals surface area (Å²) >= 11 is 0. The third-order valence-corrected chi connectivity index (χ3v) is 3.76. The van der Waals surface area contributed by atoms with E-state index in [1.807, 2.05) is 18.2 Å². The second-order valence-electron chi connectivity index (χ2n) is 5.25. The molecule has 0 saturated carbocycles. The molecule has 0 aliphatic rings. The Morgan fingerprint density at radius 1 is 1.26 bits per heavy atom. The number of carbonyl (C=O) groups excluding carboxylic acids is 1. The number of rotatable bonds is 4. The molecule has 2 aromatic carbocycles. The number of fused-ring (bicyclic) bond motifs is 3. The van der Waals surface area contributed by atoms with Gasteiger partial charge in [-0.1, -0.05) is 25.1 Å². The minimum absolute atomic E-state index is 0.118. The minimum Gasteiger partial charge on any atom is -0.458 e. The SMILES string of the molecule is CCC(=O)OC(C)c1cc2c(cc1[N+](=O)[O-])oc1ccccc12.